The van der Waals surface area contributed by atoms with Gasteiger partial charge in [0, 0.05) is 16.0 Å². The Morgan fingerprint density at radius 3 is 2.12 bits per heavy atom. The molecular formula is C33H29BrN2O6. The molecule has 4 aromatic rings. The van der Waals surface area contributed by atoms with E-state index in [9.17, 15) is 19.5 Å². The van der Waals surface area contributed by atoms with Gasteiger partial charge < -0.3 is 19.9 Å². The molecule has 1 aliphatic rings. The van der Waals surface area contributed by atoms with Gasteiger partial charge in [-0.25, -0.2) is 9.59 Å². The van der Waals surface area contributed by atoms with Crippen LogP contribution in [0, 0.1) is 0 Å². The standard InChI is InChI=1S/C33H29BrN2O6/c1-20(41-18-21-9-3-2-4-10-21)30(32(38)39)36-31(37)22-15-16-29(28(34)17-22)35-33(40)42-19-27-25-13-7-5-11-23(25)24-12-6-8-14-26(24)27/h2-17,20,27,30H,18-19H2,1H3,(H,35,40)(H,36,37)(H,38,39)/t20-,30+/m0/s1. The Bertz CT molecular complexity index is 1560. The highest BCUT2D eigenvalue weighted by Crippen LogP contribution is 2.44. The largest absolute Gasteiger partial charge is 0.480 e. The van der Waals surface area contributed by atoms with Crippen molar-refractivity contribution in [1.29, 1.82) is 0 Å². The van der Waals surface area contributed by atoms with Gasteiger partial charge >= 0.3 is 12.1 Å². The summed E-state index contributed by atoms with van der Waals surface area (Å²) in [4.78, 5) is 37.5. The first-order valence-electron chi connectivity index (χ1n) is 13.4. The molecule has 0 aliphatic heterocycles. The van der Waals surface area contributed by atoms with Crippen LogP contribution in [0.15, 0.2) is 102 Å². The smallest absolute Gasteiger partial charge is 0.411 e. The number of halogens is 1. The van der Waals surface area contributed by atoms with E-state index < -0.39 is 30.1 Å². The van der Waals surface area contributed by atoms with Gasteiger partial charge in [-0.15, -0.1) is 0 Å². The molecular weight excluding hydrogens is 600 g/mol. The number of carboxylic acids is 1. The minimum Gasteiger partial charge on any atom is -0.480 e. The summed E-state index contributed by atoms with van der Waals surface area (Å²) in [5.74, 6) is -1.87. The summed E-state index contributed by atoms with van der Waals surface area (Å²) >= 11 is 3.39. The molecule has 4 aromatic carbocycles. The third-order valence-electron chi connectivity index (χ3n) is 7.19. The molecule has 0 aromatic heterocycles. The van der Waals surface area contributed by atoms with Crippen LogP contribution in [0.2, 0.25) is 0 Å². The molecule has 0 saturated carbocycles. The molecule has 9 heteroatoms. The van der Waals surface area contributed by atoms with Gasteiger partial charge in [-0.3, -0.25) is 10.1 Å². The number of carboxylic acid groups (broad SMARTS) is 1. The zero-order chi connectivity index (χ0) is 29.6. The van der Waals surface area contributed by atoms with Crippen molar-refractivity contribution in [1.82, 2.24) is 5.32 Å². The molecule has 0 fully saturated rings. The van der Waals surface area contributed by atoms with Crippen molar-refractivity contribution in [3.8, 4) is 11.1 Å². The predicted octanol–water partition coefficient (Wildman–Crippen LogP) is 6.60. The van der Waals surface area contributed by atoms with Crippen LogP contribution in [0.5, 0.6) is 0 Å². The van der Waals surface area contributed by atoms with Gasteiger partial charge in [-0.2, -0.15) is 0 Å². The summed E-state index contributed by atoms with van der Waals surface area (Å²) < 4.78 is 11.7. The van der Waals surface area contributed by atoms with E-state index in [1.165, 1.54) is 12.1 Å². The Hall–Kier alpha value is -4.47. The van der Waals surface area contributed by atoms with E-state index in [0.717, 1.165) is 27.8 Å². The Kier molecular flexibility index (Phi) is 9.00. The van der Waals surface area contributed by atoms with Crippen LogP contribution in [0.25, 0.3) is 11.1 Å². The number of nitrogens with one attached hydrogen (secondary N) is 2. The fourth-order valence-corrected chi connectivity index (χ4v) is 5.48. The van der Waals surface area contributed by atoms with Crippen molar-refractivity contribution < 1.29 is 29.0 Å². The van der Waals surface area contributed by atoms with Crippen LogP contribution in [0.3, 0.4) is 0 Å². The fourth-order valence-electron chi connectivity index (χ4n) is 5.00. The van der Waals surface area contributed by atoms with Crippen molar-refractivity contribution in [3.05, 3.63) is 124 Å². The van der Waals surface area contributed by atoms with Crippen LogP contribution in [-0.4, -0.2) is 41.8 Å². The van der Waals surface area contributed by atoms with E-state index in [1.807, 2.05) is 66.7 Å². The van der Waals surface area contributed by atoms with Gasteiger partial charge in [0.1, 0.15) is 6.61 Å². The molecule has 3 N–H and O–H groups in total. The van der Waals surface area contributed by atoms with Crippen molar-refractivity contribution in [3.63, 3.8) is 0 Å². The number of hydrogen-bond acceptors (Lipinski definition) is 5. The highest BCUT2D eigenvalue weighted by atomic mass is 79.9. The molecule has 0 radical (unpaired) electrons. The topological polar surface area (TPSA) is 114 Å². The van der Waals surface area contributed by atoms with Crippen LogP contribution >= 0.6 is 15.9 Å². The maximum Gasteiger partial charge on any atom is 0.411 e. The number of hydrogen-bond donors (Lipinski definition) is 3. The molecule has 2 amide bonds. The lowest BCUT2D eigenvalue weighted by molar-refractivity contribution is -0.143. The third kappa shape index (κ3) is 6.53. The van der Waals surface area contributed by atoms with E-state index in [4.69, 9.17) is 9.47 Å². The second-order valence-corrected chi connectivity index (χ2v) is 10.8. The molecule has 5 rings (SSSR count). The number of rotatable bonds is 10. The molecule has 8 nitrogen and oxygen atoms in total. The number of carbonyl (C=O) groups excluding carboxylic acids is 2. The summed E-state index contributed by atoms with van der Waals surface area (Å²) in [5, 5.41) is 14.9. The zero-order valence-electron chi connectivity index (χ0n) is 22.8. The van der Waals surface area contributed by atoms with Gasteiger partial charge in [0.25, 0.3) is 5.91 Å². The molecule has 2 atom stereocenters. The predicted molar refractivity (Wildman–Crippen MR) is 162 cm³/mol. The summed E-state index contributed by atoms with van der Waals surface area (Å²) in [6, 6.07) is 28.8. The van der Waals surface area contributed by atoms with Crippen LogP contribution in [-0.2, 0) is 20.9 Å². The fraction of sp³-hybridized carbons (Fsp3) is 0.182. The van der Waals surface area contributed by atoms with E-state index in [2.05, 4.69) is 38.7 Å². The SMILES string of the molecule is C[C@H](OCc1ccccc1)[C@@H](NC(=O)c1ccc(NC(=O)OCC2c3ccccc3-c3ccccc32)c(Br)c1)C(=O)O. The number of amides is 2. The first-order valence-corrected chi connectivity index (χ1v) is 14.2. The highest BCUT2D eigenvalue weighted by molar-refractivity contribution is 9.10. The van der Waals surface area contributed by atoms with E-state index in [1.54, 1.807) is 13.0 Å². The lowest BCUT2D eigenvalue weighted by Crippen LogP contribution is -2.48. The minimum atomic E-state index is -1.27. The number of ether oxygens (including phenoxy) is 2. The number of aliphatic carboxylic acids is 1. The Morgan fingerprint density at radius 2 is 1.50 bits per heavy atom. The Balaban J connectivity index is 1.18. The molecule has 42 heavy (non-hydrogen) atoms. The number of anilines is 1. The number of fused-ring (bicyclic) bond motifs is 3. The average molecular weight is 630 g/mol. The van der Waals surface area contributed by atoms with Gasteiger partial charge in [-0.05, 0) is 68.9 Å². The summed E-state index contributed by atoms with van der Waals surface area (Å²) in [6.45, 7) is 1.97. The molecule has 0 unspecified atom stereocenters. The summed E-state index contributed by atoms with van der Waals surface area (Å²) in [5.41, 5.74) is 6.01. The minimum absolute atomic E-state index is 0.0705. The monoisotopic (exact) mass is 628 g/mol. The second-order valence-electron chi connectivity index (χ2n) is 9.94. The lowest BCUT2D eigenvalue weighted by atomic mass is 9.98. The van der Waals surface area contributed by atoms with Crippen molar-refractivity contribution in [2.75, 3.05) is 11.9 Å². The second kappa shape index (κ2) is 13.0. The van der Waals surface area contributed by atoms with E-state index in [0.29, 0.717) is 10.2 Å². The molecule has 1 aliphatic carbocycles. The molecule has 214 valence electrons. The van der Waals surface area contributed by atoms with Gasteiger partial charge in [-0.1, -0.05) is 78.9 Å². The lowest BCUT2D eigenvalue weighted by Gasteiger charge is -2.22. The van der Waals surface area contributed by atoms with Crippen LogP contribution in [0.1, 0.15) is 39.9 Å². The Morgan fingerprint density at radius 1 is 0.881 bits per heavy atom. The van der Waals surface area contributed by atoms with Gasteiger partial charge in [0.05, 0.1) is 18.4 Å². The van der Waals surface area contributed by atoms with Crippen molar-refractivity contribution in [2.24, 2.45) is 0 Å². The maximum atomic E-state index is 12.9. The molecule has 0 spiro atoms. The Labute approximate surface area is 251 Å². The van der Waals surface area contributed by atoms with Crippen LogP contribution < -0.4 is 10.6 Å². The quantitative estimate of drug-likeness (QED) is 0.182. The van der Waals surface area contributed by atoms with Gasteiger partial charge in [0.2, 0.25) is 0 Å². The van der Waals surface area contributed by atoms with Crippen LogP contribution in [0.4, 0.5) is 10.5 Å². The number of carbonyl (C=O) groups is 3. The summed E-state index contributed by atoms with van der Waals surface area (Å²) in [6.07, 6.45) is -1.42. The normalized spacial score (nSPS) is 13.4. The van der Waals surface area contributed by atoms with Crippen molar-refractivity contribution in [2.45, 2.75) is 31.6 Å². The zero-order valence-corrected chi connectivity index (χ0v) is 24.3. The highest BCUT2D eigenvalue weighted by Gasteiger charge is 2.30. The average Bonchev–Trinajstić information content (AvgIpc) is 3.32. The van der Waals surface area contributed by atoms with Gasteiger partial charge in [0.15, 0.2) is 6.04 Å². The van der Waals surface area contributed by atoms with Crippen molar-refractivity contribution >= 4 is 39.6 Å². The maximum absolute atomic E-state index is 12.9. The molecule has 0 bridgehead atoms. The number of benzene rings is 4. The summed E-state index contributed by atoms with van der Waals surface area (Å²) in [7, 11) is 0. The molecule has 0 heterocycles. The first kappa shape index (κ1) is 29.0. The van der Waals surface area contributed by atoms with E-state index >= 15 is 0 Å². The third-order valence-corrected chi connectivity index (χ3v) is 7.85. The molecule has 0 saturated heterocycles. The first-order chi connectivity index (χ1) is 20.3. The van der Waals surface area contributed by atoms with E-state index in [-0.39, 0.29) is 24.7 Å².